The number of hydrogen-bond donors (Lipinski definition) is 0. The van der Waals surface area contributed by atoms with E-state index in [4.69, 9.17) is 0 Å². The van der Waals surface area contributed by atoms with Gasteiger partial charge in [0.05, 0.1) is 0 Å². The van der Waals surface area contributed by atoms with Crippen molar-refractivity contribution in [1.82, 2.24) is 0 Å². The summed E-state index contributed by atoms with van der Waals surface area (Å²) < 4.78 is 0. The van der Waals surface area contributed by atoms with Crippen molar-refractivity contribution in [3.63, 3.8) is 0 Å². The van der Waals surface area contributed by atoms with Crippen LogP contribution in [0.2, 0.25) is 0 Å². The van der Waals surface area contributed by atoms with Gasteiger partial charge in [0.1, 0.15) is 0 Å². The maximum absolute atomic E-state index is 2.34. The van der Waals surface area contributed by atoms with E-state index in [1.807, 2.05) is 47.0 Å². The van der Waals surface area contributed by atoms with Crippen LogP contribution in [0.5, 0.6) is 0 Å². The number of rotatable bonds is 6. The van der Waals surface area contributed by atoms with E-state index in [1.54, 1.807) is 0 Å². The summed E-state index contributed by atoms with van der Waals surface area (Å²) in [6.07, 6.45) is 22.6. The summed E-state index contributed by atoms with van der Waals surface area (Å²) >= 11 is 7.31. The number of aryl methyl sites for hydroxylation is 4. The summed E-state index contributed by atoms with van der Waals surface area (Å²) in [5.74, 6) is 0. The van der Waals surface area contributed by atoms with Crippen LogP contribution in [-0.4, -0.2) is 25.0 Å². The molecule has 7 heteroatoms. The van der Waals surface area contributed by atoms with Crippen molar-refractivity contribution in [3.05, 3.63) is 148 Å². The first kappa shape index (κ1) is 38.4. The Morgan fingerprint density at radius 1 is 0.395 bits per heavy atom. The first-order valence-corrected chi connectivity index (χ1v) is 18.3. The minimum absolute atomic E-state index is 0. The third-order valence-electron chi connectivity index (χ3n) is 7.37. The average Bonchev–Trinajstić information content (AvgIpc) is 3.67. The number of allylic oxidation sites excluding steroid dienone is 12. The number of hydrogen-bond acceptors (Lipinski definition) is 4. The Balaban J connectivity index is 0.000000281. The Bertz CT molecular complexity index is 1500. The Labute approximate surface area is 307 Å². The van der Waals surface area contributed by atoms with Gasteiger partial charge in [-0.25, -0.2) is 0 Å². The van der Waals surface area contributed by atoms with Gasteiger partial charge in [-0.2, -0.15) is 0 Å². The second-order valence-corrected chi connectivity index (χ2v) is 13.9. The molecule has 0 saturated carbocycles. The van der Waals surface area contributed by atoms with Gasteiger partial charge in [0.25, 0.3) is 0 Å². The zero-order valence-electron chi connectivity index (χ0n) is 25.8. The molecule has 0 radical (unpaired) electrons. The molecule has 0 spiro atoms. The minimum Gasteiger partial charge on any atom is -1.00 e. The first-order chi connectivity index (χ1) is 19.2. The molecule has 0 bridgehead atoms. The van der Waals surface area contributed by atoms with Crippen molar-refractivity contribution < 1.29 is 51.0 Å². The van der Waals surface area contributed by atoms with E-state index in [1.165, 1.54) is 86.4 Å². The van der Waals surface area contributed by atoms with Gasteiger partial charge in [-0.1, -0.05) is 58.7 Å². The second-order valence-electron chi connectivity index (χ2n) is 10.5. The summed E-state index contributed by atoms with van der Waals surface area (Å²) in [5.41, 5.74) is 16.3. The van der Waals surface area contributed by atoms with E-state index in [0.717, 1.165) is 0 Å². The fourth-order valence-corrected chi connectivity index (χ4v) is 7.89. The zero-order chi connectivity index (χ0) is 28.6. The number of halogens is 2. The van der Waals surface area contributed by atoms with Gasteiger partial charge in [-0.3, -0.25) is 0 Å². The van der Waals surface area contributed by atoms with Crippen molar-refractivity contribution >= 4 is 58.2 Å². The monoisotopic (exact) mass is 756 g/mol. The van der Waals surface area contributed by atoms with Crippen LogP contribution in [-0.2, 0) is 26.2 Å². The van der Waals surface area contributed by atoms with Gasteiger partial charge in [0.2, 0.25) is 0 Å². The maximum atomic E-state index is 2.34. The molecule has 0 amide bonds. The predicted molar refractivity (Wildman–Crippen MR) is 188 cm³/mol. The fourth-order valence-electron chi connectivity index (χ4n) is 5.70. The van der Waals surface area contributed by atoms with Crippen molar-refractivity contribution in [2.24, 2.45) is 0 Å². The summed E-state index contributed by atoms with van der Waals surface area (Å²) in [6, 6.07) is 13.6. The Morgan fingerprint density at radius 3 is 1.00 bits per heavy atom. The molecule has 0 unspecified atom stereocenters. The molecule has 0 atom stereocenters. The maximum Gasteiger partial charge on any atom is 2.00 e. The molecule has 0 N–H and O–H groups in total. The van der Waals surface area contributed by atoms with Crippen LogP contribution in [0.4, 0.5) is 0 Å². The average molecular weight is 759 g/mol. The topological polar surface area (TPSA) is 0 Å². The quantitative estimate of drug-likeness (QED) is 0.407. The molecule has 4 aliphatic carbocycles. The predicted octanol–water partition coefficient (Wildman–Crippen LogP) is 5.01. The van der Waals surface area contributed by atoms with Crippen molar-refractivity contribution in [3.8, 4) is 0 Å². The van der Waals surface area contributed by atoms with E-state index in [0.29, 0.717) is 0 Å². The molecule has 0 fully saturated rings. The van der Waals surface area contributed by atoms with Gasteiger partial charge in [0.15, 0.2) is 0 Å². The van der Waals surface area contributed by atoms with Crippen LogP contribution >= 0.6 is 47.0 Å². The number of benzene rings is 2. The summed E-state index contributed by atoms with van der Waals surface area (Å²) in [4.78, 5) is 5.48. The largest absolute Gasteiger partial charge is 2.00 e. The molecule has 2 aromatic carbocycles. The van der Waals surface area contributed by atoms with Gasteiger partial charge < -0.3 is 24.8 Å². The summed E-state index contributed by atoms with van der Waals surface area (Å²) in [5, 5.41) is 0. The molecule has 4 aliphatic rings. The van der Waals surface area contributed by atoms with Gasteiger partial charge in [-0.05, 0) is 134 Å². The molecular weight excluding hydrogens is 723 g/mol. The summed E-state index contributed by atoms with van der Waals surface area (Å²) in [6.45, 7) is 8.68. The Hall–Kier alpha value is -0.777. The molecule has 0 heterocycles. The third kappa shape index (κ3) is 8.34. The van der Waals surface area contributed by atoms with E-state index in [-0.39, 0.29) is 51.0 Å². The van der Waals surface area contributed by atoms with Gasteiger partial charge in [0, 0.05) is 19.6 Å². The molecule has 6 rings (SSSR count). The standard InChI is InChI=1S/2C18H18S2.2ClH.Zr/c2*1-11-5-12(2)7-13(6-11)15-10-18(20-4)17-9-14(19-3)8-16(15)17;;;/h2*5-10H,1-4H3;2*1H;/q;;;;+2/p-2. The van der Waals surface area contributed by atoms with Crippen molar-refractivity contribution in [2.45, 2.75) is 27.7 Å². The first-order valence-electron chi connectivity index (χ1n) is 13.4. The molecular formula is C36H36Cl2S4Zr. The van der Waals surface area contributed by atoms with Crippen molar-refractivity contribution in [2.75, 3.05) is 25.0 Å². The van der Waals surface area contributed by atoms with Crippen LogP contribution in [0.1, 0.15) is 33.4 Å². The second kappa shape index (κ2) is 16.7. The Morgan fingerprint density at radius 2 is 0.721 bits per heavy atom. The normalized spacial score (nSPS) is 15.9. The van der Waals surface area contributed by atoms with Crippen LogP contribution in [0, 0.1) is 27.7 Å². The minimum atomic E-state index is 0. The molecule has 222 valence electrons. The van der Waals surface area contributed by atoms with Crippen LogP contribution in [0.3, 0.4) is 0 Å². The molecule has 0 saturated heterocycles. The van der Waals surface area contributed by atoms with Crippen LogP contribution in [0.25, 0.3) is 11.1 Å². The van der Waals surface area contributed by atoms with Crippen LogP contribution in [0.15, 0.2) is 115 Å². The fraction of sp³-hybridized carbons (Fsp3) is 0.222. The molecule has 43 heavy (non-hydrogen) atoms. The van der Waals surface area contributed by atoms with E-state index >= 15 is 0 Å². The third-order valence-corrected chi connectivity index (χ3v) is 10.3. The SMILES string of the molecule is CSC1=CC2=C(c3cc(C)cc(C)c3)C=C(SC)C2=C1.CSC1=CC2=C(c3cc(C)cc(C)c3)C=C(SC)C2=C1.[Cl-].[Cl-].[Zr+2]. The van der Waals surface area contributed by atoms with Crippen molar-refractivity contribution in [1.29, 1.82) is 0 Å². The Kier molecular flexibility index (Phi) is 14.9. The van der Waals surface area contributed by atoms with E-state index < -0.39 is 0 Å². The molecule has 0 nitrogen and oxygen atoms in total. The number of thioether (sulfide) groups is 4. The molecule has 0 aliphatic heterocycles. The smallest absolute Gasteiger partial charge is 1.00 e. The summed E-state index contributed by atoms with van der Waals surface area (Å²) in [7, 11) is 0. The zero-order valence-corrected chi connectivity index (χ0v) is 33.1. The van der Waals surface area contributed by atoms with Crippen LogP contribution < -0.4 is 24.8 Å². The van der Waals surface area contributed by atoms with E-state index in [2.05, 4.69) is 126 Å². The van der Waals surface area contributed by atoms with Gasteiger partial charge >= 0.3 is 26.2 Å². The number of fused-ring (bicyclic) bond motifs is 2. The van der Waals surface area contributed by atoms with Gasteiger partial charge in [-0.15, -0.1) is 47.0 Å². The molecule has 0 aromatic heterocycles. The molecule has 2 aromatic rings. The van der Waals surface area contributed by atoms with E-state index in [9.17, 15) is 0 Å².